The first-order chi connectivity index (χ1) is 21.2. The fourth-order valence-electron chi connectivity index (χ4n) is 5.99. The highest BCUT2D eigenvalue weighted by molar-refractivity contribution is 5.41. The summed E-state index contributed by atoms with van der Waals surface area (Å²) in [5.74, 6) is 0. The van der Waals surface area contributed by atoms with Gasteiger partial charge in [-0.05, 0) is 100 Å². The second-order valence-electron chi connectivity index (χ2n) is 13.7. The van der Waals surface area contributed by atoms with Crippen molar-refractivity contribution >= 4 is 0 Å². The van der Waals surface area contributed by atoms with Gasteiger partial charge in [-0.25, -0.2) is 0 Å². The number of alkyl halides is 6. The van der Waals surface area contributed by atoms with E-state index in [2.05, 4.69) is 27.7 Å². The SMILES string of the molecule is CC1=C(/C=C/C(=C\C=C\C(C)=C\C=C\C=C(C)\C=C\C=C(/C=C/C2=C(C)CCCC2(C)C)C(F)(F)F)C(F)(F)F)C(C)(C)CCC1. The summed E-state index contributed by atoms with van der Waals surface area (Å²) < 4.78 is 82.1. The largest absolute Gasteiger partial charge is 0.416 e. The van der Waals surface area contributed by atoms with Crippen LogP contribution >= 0.6 is 0 Å². The quantitative estimate of drug-likeness (QED) is 0.164. The van der Waals surface area contributed by atoms with Gasteiger partial charge >= 0.3 is 12.4 Å². The second kappa shape index (κ2) is 16.5. The Morgan fingerprint density at radius 1 is 0.543 bits per heavy atom. The van der Waals surface area contributed by atoms with E-state index in [9.17, 15) is 26.3 Å². The molecule has 252 valence electrons. The summed E-state index contributed by atoms with van der Waals surface area (Å²) in [5, 5.41) is 0. The summed E-state index contributed by atoms with van der Waals surface area (Å²) in [6, 6.07) is 0. The van der Waals surface area contributed by atoms with Gasteiger partial charge in [0.2, 0.25) is 0 Å². The van der Waals surface area contributed by atoms with Gasteiger partial charge in [0.1, 0.15) is 0 Å². The van der Waals surface area contributed by atoms with Gasteiger partial charge in [-0.15, -0.1) is 0 Å². The average molecular weight is 645 g/mol. The van der Waals surface area contributed by atoms with Crippen LogP contribution in [0.5, 0.6) is 0 Å². The minimum atomic E-state index is -4.48. The van der Waals surface area contributed by atoms with Gasteiger partial charge in [0.15, 0.2) is 0 Å². The third-order valence-corrected chi connectivity index (χ3v) is 8.70. The number of allylic oxidation sites excluding steroid dienone is 22. The maximum absolute atomic E-state index is 13.7. The first-order valence-corrected chi connectivity index (χ1v) is 15.9. The summed E-state index contributed by atoms with van der Waals surface area (Å²) in [7, 11) is 0. The van der Waals surface area contributed by atoms with Crippen LogP contribution in [0.15, 0.2) is 130 Å². The lowest BCUT2D eigenvalue weighted by Crippen LogP contribution is -2.19. The summed E-state index contributed by atoms with van der Waals surface area (Å²) in [6.45, 7) is 15.8. The molecule has 0 bridgehead atoms. The van der Waals surface area contributed by atoms with Crippen molar-refractivity contribution in [3.63, 3.8) is 0 Å². The maximum Gasteiger partial charge on any atom is 0.416 e. The van der Waals surface area contributed by atoms with Crippen molar-refractivity contribution in [3.8, 4) is 0 Å². The highest BCUT2D eigenvalue weighted by Crippen LogP contribution is 2.42. The van der Waals surface area contributed by atoms with Crippen LogP contribution < -0.4 is 0 Å². The third kappa shape index (κ3) is 12.5. The summed E-state index contributed by atoms with van der Waals surface area (Å²) in [6.07, 6.45) is 17.5. The Balaban J connectivity index is 2.11. The molecule has 0 aromatic carbocycles. The number of hydrogen-bond acceptors (Lipinski definition) is 0. The number of hydrogen-bond donors (Lipinski definition) is 0. The van der Waals surface area contributed by atoms with Crippen LogP contribution in [-0.4, -0.2) is 12.4 Å². The molecule has 46 heavy (non-hydrogen) atoms. The third-order valence-electron chi connectivity index (χ3n) is 8.70. The fraction of sp³-hybridized carbons (Fsp3) is 0.450. The molecule has 0 unspecified atom stereocenters. The highest BCUT2D eigenvalue weighted by Gasteiger charge is 2.33. The van der Waals surface area contributed by atoms with E-state index in [0.29, 0.717) is 0 Å². The van der Waals surface area contributed by atoms with Crippen molar-refractivity contribution in [2.45, 2.75) is 106 Å². The van der Waals surface area contributed by atoms with Gasteiger partial charge < -0.3 is 0 Å². The normalized spacial score (nSPS) is 21.4. The molecule has 0 saturated carbocycles. The van der Waals surface area contributed by atoms with Crippen LogP contribution in [-0.2, 0) is 0 Å². The molecule has 0 saturated heterocycles. The lowest BCUT2D eigenvalue weighted by molar-refractivity contribution is -0.0890. The molecule has 0 atom stereocenters. The lowest BCUT2D eigenvalue weighted by atomic mass is 9.72. The van der Waals surface area contributed by atoms with Crippen LogP contribution in [0.3, 0.4) is 0 Å². The van der Waals surface area contributed by atoms with Gasteiger partial charge in [0, 0.05) is 0 Å². The molecular formula is C40H50F6. The zero-order valence-corrected chi connectivity index (χ0v) is 28.6. The van der Waals surface area contributed by atoms with Crippen LogP contribution in [0.4, 0.5) is 26.3 Å². The van der Waals surface area contributed by atoms with Crippen LogP contribution in [0.25, 0.3) is 0 Å². The molecule has 0 fully saturated rings. The molecule has 2 rings (SSSR count). The Labute approximate surface area is 272 Å². The van der Waals surface area contributed by atoms with Gasteiger partial charge in [-0.3, -0.25) is 0 Å². The molecule has 2 aliphatic rings. The molecular weight excluding hydrogens is 594 g/mol. The molecule has 6 heteroatoms. The van der Waals surface area contributed by atoms with Gasteiger partial charge in [-0.2, -0.15) is 26.3 Å². The average Bonchev–Trinajstić information content (AvgIpc) is 2.91. The predicted octanol–water partition coefficient (Wildman–Crippen LogP) is 13.7. The van der Waals surface area contributed by atoms with Crippen molar-refractivity contribution < 1.29 is 26.3 Å². The molecule has 0 aromatic rings. The topological polar surface area (TPSA) is 0 Å². The smallest absolute Gasteiger partial charge is 0.166 e. The molecule has 0 heterocycles. The van der Waals surface area contributed by atoms with Gasteiger partial charge in [0.05, 0.1) is 11.1 Å². The fourth-order valence-corrected chi connectivity index (χ4v) is 5.99. The molecule has 0 radical (unpaired) electrons. The second-order valence-corrected chi connectivity index (χ2v) is 13.7. The summed E-state index contributed by atoms with van der Waals surface area (Å²) in [4.78, 5) is 0. The van der Waals surface area contributed by atoms with E-state index in [1.807, 2.05) is 13.8 Å². The van der Waals surface area contributed by atoms with Crippen molar-refractivity contribution in [1.29, 1.82) is 0 Å². The number of halogens is 6. The van der Waals surface area contributed by atoms with Crippen molar-refractivity contribution in [2.75, 3.05) is 0 Å². The molecule has 0 spiro atoms. The molecule has 0 aromatic heterocycles. The van der Waals surface area contributed by atoms with E-state index in [1.165, 1.54) is 12.2 Å². The summed E-state index contributed by atoms with van der Waals surface area (Å²) in [5.41, 5.74) is 3.95. The zero-order valence-electron chi connectivity index (χ0n) is 28.6. The van der Waals surface area contributed by atoms with Crippen LogP contribution in [0.1, 0.15) is 93.9 Å². The molecule has 0 amide bonds. The first kappa shape index (κ1) is 38.9. The Bertz CT molecular complexity index is 1310. The maximum atomic E-state index is 13.7. The van der Waals surface area contributed by atoms with E-state index in [-0.39, 0.29) is 10.8 Å². The first-order valence-electron chi connectivity index (χ1n) is 15.9. The van der Waals surface area contributed by atoms with Gasteiger partial charge in [0.25, 0.3) is 0 Å². The molecule has 0 nitrogen and oxygen atoms in total. The zero-order chi connectivity index (χ0) is 34.8. The van der Waals surface area contributed by atoms with Crippen molar-refractivity contribution in [1.82, 2.24) is 0 Å². The van der Waals surface area contributed by atoms with E-state index in [4.69, 9.17) is 0 Å². The Morgan fingerprint density at radius 2 is 0.891 bits per heavy atom. The van der Waals surface area contributed by atoms with E-state index < -0.39 is 23.5 Å². The van der Waals surface area contributed by atoms with E-state index in [1.54, 1.807) is 62.5 Å². The van der Waals surface area contributed by atoms with Gasteiger partial charge in [-0.1, -0.05) is 123 Å². The molecule has 0 N–H and O–H groups in total. The standard InChI is InChI=1S/C40H50F6/c1-29(17-11-21-33(39(41,42)43)23-25-35-31(3)19-13-27-37(35,5)6)15-9-10-16-30(2)18-12-22-34(40(44,45)46)24-26-36-32(4)20-14-28-38(36,7)8/h9-12,15-18,21-26H,13-14,19-20,27-28H2,1-8H3/b10-9+,17-11+,18-12+,25-23+,26-24+,29-15+,30-16+,33-21+,34-22+. The van der Waals surface area contributed by atoms with Crippen molar-refractivity contribution in [2.24, 2.45) is 10.8 Å². The minimum absolute atomic E-state index is 0.150. The molecule has 0 aliphatic heterocycles. The Kier molecular flexibility index (Phi) is 14.0. The highest BCUT2D eigenvalue weighted by atomic mass is 19.4. The minimum Gasteiger partial charge on any atom is -0.166 e. The Hall–Kier alpha value is -3.28. The molecule has 2 aliphatic carbocycles. The Morgan fingerprint density at radius 3 is 1.20 bits per heavy atom. The van der Waals surface area contributed by atoms with Crippen LogP contribution in [0, 0.1) is 10.8 Å². The summed E-state index contributed by atoms with van der Waals surface area (Å²) >= 11 is 0. The van der Waals surface area contributed by atoms with E-state index >= 15 is 0 Å². The van der Waals surface area contributed by atoms with E-state index in [0.717, 1.165) is 96.3 Å². The number of rotatable bonds is 10. The monoisotopic (exact) mass is 644 g/mol. The van der Waals surface area contributed by atoms with Crippen LogP contribution in [0.2, 0.25) is 0 Å². The van der Waals surface area contributed by atoms with Crippen molar-refractivity contribution in [3.05, 3.63) is 130 Å². The lowest BCUT2D eigenvalue weighted by Gasteiger charge is -2.33. The predicted molar refractivity (Wildman–Crippen MR) is 182 cm³/mol.